The highest BCUT2D eigenvalue weighted by Gasteiger charge is 2.16. The molecular weight excluding hydrogens is 254 g/mol. The SMILES string of the molecule is COCCONS(=O)(=O)c1ccccc1Cl. The lowest BCUT2D eigenvalue weighted by Crippen LogP contribution is -2.25. The van der Waals surface area contributed by atoms with Gasteiger partial charge in [-0.3, -0.25) is 4.84 Å². The first-order chi connectivity index (χ1) is 7.58. The van der Waals surface area contributed by atoms with Crippen molar-refractivity contribution < 1.29 is 18.0 Å². The van der Waals surface area contributed by atoms with Crippen LogP contribution in [0.3, 0.4) is 0 Å². The monoisotopic (exact) mass is 265 g/mol. The van der Waals surface area contributed by atoms with Gasteiger partial charge in [-0.2, -0.15) is 0 Å². The van der Waals surface area contributed by atoms with E-state index >= 15 is 0 Å². The zero-order valence-corrected chi connectivity index (χ0v) is 10.2. The van der Waals surface area contributed by atoms with E-state index in [1.807, 2.05) is 4.89 Å². The zero-order chi connectivity index (χ0) is 12.0. The number of benzene rings is 1. The molecule has 0 spiro atoms. The molecule has 0 atom stereocenters. The van der Waals surface area contributed by atoms with Gasteiger partial charge in [-0.1, -0.05) is 28.6 Å². The highest BCUT2D eigenvalue weighted by Crippen LogP contribution is 2.19. The molecule has 1 aromatic carbocycles. The summed E-state index contributed by atoms with van der Waals surface area (Å²) in [7, 11) is -2.24. The normalized spacial score (nSPS) is 11.6. The predicted octanol–water partition coefficient (Wildman–Crippen LogP) is 1.20. The van der Waals surface area contributed by atoms with Crippen LogP contribution >= 0.6 is 11.6 Å². The highest BCUT2D eigenvalue weighted by molar-refractivity contribution is 7.89. The molecule has 0 amide bonds. The smallest absolute Gasteiger partial charge is 0.263 e. The summed E-state index contributed by atoms with van der Waals surface area (Å²) in [5, 5.41) is 0.144. The van der Waals surface area contributed by atoms with Crippen molar-refractivity contribution in [2.75, 3.05) is 20.3 Å². The molecule has 0 radical (unpaired) electrons. The predicted molar refractivity (Wildman–Crippen MR) is 59.6 cm³/mol. The topological polar surface area (TPSA) is 64.6 Å². The number of hydrogen-bond donors (Lipinski definition) is 1. The summed E-state index contributed by atoms with van der Waals surface area (Å²) < 4.78 is 28.0. The fourth-order valence-electron chi connectivity index (χ4n) is 0.952. The van der Waals surface area contributed by atoms with E-state index in [9.17, 15) is 8.42 Å². The molecule has 90 valence electrons. The number of nitrogens with one attached hydrogen (secondary N) is 1. The van der Waals surface area contributed by atoms with E-state index in [0.29, 0.717) is 6.61 Å². The van der Waals surface area contributed by atoms with Gasteiger partial charge in [0.15, 0.2) is 0 Å². The molecule has 0 aliphatic rings. The number of sulfonamides is 1. The standard InChI is InChI=1S/C9H12ClNO4S/c1-14-6-7-15-11-16(12,13)9-5-3-2-4-8(9)10/h2-5,11H,6-7H2,1H3. The molecule has 0 unspecified atom stereocenters. The van der Waals surface area contributed by atoms with Crippen molar-refractivity contribution in [3.63, 3.8) is 0 Å². The van der Waals surface area contributed by atoms with E-state index in [2.05, 4.69) is 0 Å². The fourth-order valence-corrected chi connectivity index (χ4v) is 2.30. The molecule has 5 nitrogen and oxygen atoms in total. The van der Waals surface area contributed by atoms with Crippen LogP contribution in [-0.4, -0.2) is 28.7 Å². The molecule has 0 aromatic heterocycles. The van der Waals surface area contributed by atoms with Crippen molar-refractivity contribution in [3.8, 4) is 0 Å². The second kappa shape index (κ2) is 6.17. The van der Waals surface area contributed by atoms with Gasteiger partial charge in [-0.05, 0) is 12.1 Å². The molecule has 1 rings (SSSR count). The van der Waals surface area contributed by atoms with Crippen molar-refractivity contribution in [2.24, 2.45) is 0 Å². The third kappa shape index (κ3) is 3.73. The van der Waals surface area contributed by atoms with Gasteiger partial charge >= 0.3 is 0 Å². The Morgan fingerprint density at radius 2 is 2.00 bits per heavy atom. The third-order valence-electron chi connectivity index (χ3n) is 1.68. The maximum absolute atomic E-state index is 11.7. The largest absolute Gasteiger partial charge is 0.382 e. The van der Waals surface area contributed by atoms with Crippen LogP contribution in [0, 0.1) is 0 Å². The molecule has 7 heteroatoms. The van der Waals surface area contributed by atoms with E-state index in [1.54, 1.807) is 12.1 Å². The molecule has 0 heterocycles. The lowest BCUT2D eigenvalue weighted by molar-refractivity contribution is 0.0438. The quantitative estimate of drug-likeness (QED) is 0.620. The van der Waals surface area contributed by atoms with Gasteiger partial charge in [0.25, 0.3) is 10.0 Å². The van der Waals surface area contributed by atoms with Gasteiger partial charge in [-0.15, -0.1) is 0 Å². The Balaban J connectivity index is 2.68. The van der Waals surface area contributed by atoms with E-state index in [-0.39, 0.29) is 16.5 Å². The van der Waals surface area contributed by atoms with Gasteiger partial charge in [-0.25, -0.2) is 8.42 Å². The molecule has 0 saturated heterocycles. The number of ether oxygens (including phenoxy) is 1. The first-order valence-corrected chi connectivity index (χ1v) is 6.31. The van der Waals surface area contributed by atoms with Gasteiger partial charge < -0.3 is 4.74 Å². The Bertz CT molecular complexity index is 435. The number of rotatable bonds is 6. The van der Waals surface area contributed by atoms with Gasteiger partial charge in [0.2, 0.25) is 0 Å². The molecule has 1 N–H and O–H groups in total. The van der Waals surface area contributed by atoms with Crippen molar-refractivity contribution in [1.29, 1.82) is 0 Å². The van der Waals surface area contributed by atoms with Crippen LogP contribution in [0.2, 0.25) is 5.02 Å². The van der Waals surface area contributed by atoms with E-state index < -0.39 is 10.0 Å². The number of hydrogen-bond acceptors (Lipinski definition) is 4. The molecular formula is C9H12ClNO4S. The van der Waals surface area contributed by atoms with Crippen LogP contribution in [0.25, 0.3) is 0 Å². The van der Waals surface area contributed by atoms with Gasteiger partial charge in [0.05, 0.1) is 18.2 Å². The van der Waals surface area contributed by atoms with E-state index in [1.165, 1.54) is 19.2 Å². The first kappa shape index (κ1) is 13.4. The Morgan fingerprint density at radius 1 is 1.31 bits per heavy atom. The van der Waals surface area contributed by atoms with Crippen molar-refractivity contribution in [1.82, 2.24) is 4.89 Å². The summed E-state index contributed by atoms with van der Waals surface area (Å²) in [5.74, 6) is 0. The molecule has 1 aromatic rings. The molecule has 0 aliphatic carbocycles. The second-order valence-corrected chi connectivity index (χ2v) is 4.88. The molecule has 0 saturated carbocycles. The Labute approximate surface area is 99.3 Å². The Kier molecular flexibility index (Phi) is 5.17. The summed E-state index contributed by atoms with van der Waals surface area (Å²) in [6.45, 7) is 0.422. The molecule has 0 aliphatic heterocycles. The summed E-state index contributed by atoms with van der Waals surface area (Å²) in [5.41, 5.74) is 0. The molecule has 0 bridgehead atoms. The summed E-state index contributed by atoms with van der Waals surface area (Å²) >= 11 is 5.75. The average Bonchev–Trinajstić information content (AvgIpc) is 2.25. The molecule has 0 fully saturated rings. The van der Waals surface area contributed by atoms with Crippen molar-refractivity contribution in [3.05, 3.63) is 29.3 Å². The van der Waals surface area contributed by atoms with Crippen LogP contribution < -0.4 is 4.89 Å². The van der Waals surface area contributed by atoms with E-state index in [4.69, 9.17) is 21.2 Å². The maximum atomic E-state index is 11.7. The van der Waals surface area contributed by atoms with Crippen molar-refractivity contribution in [2.45, 2.75) is 4.90 Å². The van der Waals surface area contributed by atoms with Crippen LogP contribution in [0.1, 0.15) is 0 Å². The fraction of sp³-hybridized carbons (Fsp3) is 0.333. The van der Waals surface area contributed by atoms with Crippen LogP contribution in [0.4, 0.5) is 0 Å². The van der Waals surface area contributed by atoms with Crippen molar-refractivity contribution >= 4 is 21.6 Å². The Hall–Kier alpha value is -0.660. The zero-order valence-electron chi connectivity index (χ0n) is 8.64. The average molecular weight is 266 g/mol. The van der Waals surface area contributed by atoms with Crippen LogP contribution in [0.15, 0.2) is 29.2 Å². The minimum Gasteiger partial charge on any atom is -0.382 e. The van der Waals surface area contributed by atoms with Crippen LogP contribution in [0.5, 0.6) is 0 Å². The van der Waals surface area contributed by atoms with E-state index in [0.717, 1.165) is 0 Å². The van der Waals surface area contributed by atoms with Gasteiger partial charge in [0.1, 0.15) is 4.90 Å². The first-order valence-electron chi connectivity index (χ1n) is 4.45. The highest BCUT2D eigenvalue weighted by atomic mass is 35.5. The summed E-state index contributed by atoms with van der Waals surface area (Å²) in [4.78, 5) is 6.67. The third-order valence-corrected chi connectivity index (χ3v) is 3.40. The Morgan fingerprint density at radius 3 is 2.62 bits per heavy atom. The lowest BCUT2D eigenvalue weighted by Gasteiger charge is -2.07. The van der Waals surface area contributed by atoms with Gasteiger partial charge in [0, 0.05) is 7.11 Å². The summed E-state index contributed by atoms with van der Waals surface area (Å²) in [6.07, 6.45) is 0. The number of halogens is 1. The second-order valence-electron chi connectivity index (χ2n) is 2.86. The molecule has 16 heavy (non-hydrogen) atoms. The minimum atomic E-state index is -3.73. The number of methoxy groups -OCH3 is 1. The maximum Gasteiger partial charge on any atom is 0.263 e. The minimum absolute atomic E-state index is 0.0194. The van der Waals surface area contributed by atoms with Crippen LogP contribution in [-0.2, 0) is 19.6 Å². The lowest BCUT2D eigenvalue weighted by atomic mass is 10.4. The summed E-state index contributed by atoms with van der Waals surface area (Å²) in [6, 6.07) is 6.11.